The monoisotopic (exact) mass is 159 g/mol. The molecule has 0 aromatic rings. The van der Waals surface area contributed by atoms with Gasteiger partial charge in [-0.2, -0.15) is 0 Å². The van der Waals surface area contributed by atoms with Crippen molar-refractivity contribution in [1.29, 1.82) is 0 Å². The maximum atomic E-state index is 13.3. The van der Waals surface area contributed by atoms with Crippen LogP contribution in [0.3, 0.4) is 0 Å². The largest absolute Gasteiger partial charge is 0.300 e. The number of halogens is 1. The standard InChI is InChI=1S/C9H18FN/c1-9(2,3)8-7(10)5-6-11(8)4/h7-8H,5-6H2,1-4H3. The van der Waals surface area contributed by atoms with Crippen LogP contribution in [0, 0.1) is 5.41 Å². The van der Waals surface area contributed by atoms with E-state index in [1.54, 1.807) is 0 Å². The van der Waals surface area contributed by atoms with Crippen LogP contribution in [-0.4, -0.2) is 30.7 Å². The highest BCUT2D eigenvalue weighted by Gasteiger charge is 2.39. The van der Waals surface area contributed by atoms with Gasteiger partial charge in [0, 0.05) is 12.6 Å². The van der Waals surface area contributed by atoms with Crippen molar-refractivity contribution in [2.75, 3.05) is 13.6 Å². The highest BCUT2D eigenvalue weighted by molar-refractivity contribution is 4.92. The fraction of sp³-hybridized carbons (Fsp3) is 1.00. The summed E-state index contributed by atoms with van der Waals surface area (Å²) in [6, 6.07) is 0.113. The summed E-state index contributed by atoms with van der Waals surface area (Å²) in [5, 5.41) is 0. The molecule has 0 aliphatic carbocycles. The van der Waals surface area contributed by atoms with Crippen molar-refractivity contribution in [3.8, 4) is 0 Å². The van der Waals surface area contributed by atoms with Gasteiger partial charge in [-0.1, -0.05) is 20.8 Å². The van der Waals surface area contributed by atoms with E-state index < -0.39 is 6.17 Å². The first-order valence-corrected chi connectivity index (χ1v) is 4.27. The zero-order valence-corrected chi connectivity index (χ0v) is 7.89. The average molecular weight is 159 g/mol. The minimum atomic E-state index is -0.625. The lowest BCUT2D eigenvalue weighted by molar-refractivity contribution is 0.111. The van der Waals surface area contributed by atoms with Crippen LogP contribution < -0.4 is 0 Å². The molecular weight excluding hydrogens is 141 g/mol. The van der Waals surface area contributed by atoms with E-state index in [0.717, 1.165) is 6.54 Å². The Morgan fingerprint density at radius 3 is 2.09 bits per heavy atom. The van der Waals surface area contributed by atoms with Crippen molar-refractivity contribution in [1.82, 2.24) is 4.90 Å². The summed E-state index contributed by atoms with van der Waals surface area (Å²) in [5.41, 5.74) is 0.0741. The molecule has 0 aromatic carbocycles. The first-order chi connectivity index (χ1) is 4.93. The third-order valence-electron chi connectivity index (χ3n) is 2.46. The molecule has 0 saturated carbocycles. The predicted molar refractivity (Wildman–Crippen MR) is 45.4 cm³/mol. The first-order valence-electron chi connectivity index (χ1n) is 4.27. The summed E-state index contributed by atoms with van der Waals surface area (Å²) in [4.78, 5) is 2.13. The highest BCUT2D eigenvalue weighted by Crippen LogP contribution is 2.33. The van der Waals surface area contributed by atoms with Gasteiger partial charge in [0.15, 0.2) is 0 Å². The fourth-order valence-corrected chi connectivity index (χ4v) is 2.10. The third kappa shape index (κ3) is 1.73. The molecule has 66 valence electrons. The Labute approximate surface area is 68.6 Å². The first kappa shape index (κ1) is 8.98. The zero-order chi connectivity index (χ0) is 8.65. The maximum Gasteiger partial charge on any atom is 0.117 e. The number of nitrogens with zero attached hydrogens (tertiary/aromatic N) is 1. The van der Waals surface area contributed by atoms with E-state index in [4.69, 9.17) is 0 Å². The van der Waals surface area contributed by atoms with Crippen molar-refractivity contribution in [3.05, 3.63) is 0 Å². The van der Waals surface area contributed by atoms with E-state index in [2.05, 4.69) is 25.7 Å². The van der Waals surface area contributed by atoms with Gasteiger partial charge in [-0.15, -0.1) is 0 Å². The molecule has 1 rings (SSSR count). The minimum absolute atomic E-state index is 0.0741. The minimum Gasteiger partial charge on any atom is -0.300 e. The number of likely N-dealkylation sites (tertiary alicyclic amines) is 1. The SMILES string of the molecule is CN1CCC(F)C1C(C)(C)C. The van der Waals surface area contributed by atoms with Gasteiger partial charge in [-0.3, -0.25) is 4.90 Å². The number of rotatable bonds is 0. The lowest BCUT2D eigenvalue weighted by Crippen LogP contribution is -2.41. The summed E-state index contributed by atoms with van der Waals surface area (Å²) in [6.45, 7) is 7.22. The Morgan fingerprint density at radius 1 is 1.36 bits per heavy atom. The molecule has 2 heteroatoms. The summed E-state index contributed by atoms with van der Waals surface area (Å²) < 4.78 is 13.3. The van der Waals surface area contributed by atoms with Gasteiger partial charge in [0.05, 0.1) is 0 Å². The average Bonchev–Trinajstić information content (AvgIpc) is 2.08. The lowest BCUT2D eigenvalue weighted by atomic mass is 9.84. The van der Waals surface area contributed by atoms with Gasteiger partial charge in [0.1, 0.15) is 6.17 Å². The molecule has 2 atom stereocenters. The molecule has 0 amide bonds. The third-order valence-corrected chi connectivity index (χ3v) is 2.46. The quantitative estimate of drug-likeness (QED) is 0.523. The van der Waals surface area contributed by atoms with Gasteiger partial charge in [0.25, 0.3) is 0 Å². The smallest absolute Gasteiger partial charge is 0.117 e. The van der Waals surface area contributed by atoms with E-state index >= 15 is 0 Å². The van der Waals surface area contributed by atoms with Crippen LogP contribution in [0.2, 0.25) is 0 Å². The number of alkyl halides is 1. The Bertz CT molecular complexity index is 129. The summed E-state index contributed by atoms with van der Waals surface area (Å²) >= 11 is 0. The molecule has 1 fully saturated rings. The summed E-state index contributed by atoms with van der Waals surface area (Å²) in [7, 11) is 2.01. The second-order valence-electron chi connectivity index (χ2n) is 4.60. The zero-order valence-electron chi connectivity index (χ0n) is 7.89. The van der Waals surface area contributed by atoms with Crippen LogP contribution in [-0.2, 0) is 0 Å². The van der Waals surface area contributed by atoms with Crippen molar-refractivity contribution < 1.29 is 4.39 Å². The highest BCUT2D eigenvalue weighted by atomic mass is 19.1. The van der Waals surface area contributed by atoms with Crippen LogP contribution in [0.5, 0.6) is 0 Å². The molecule has 0 radical (unpaired) electrons. The number of hydrogen-bond donors (Lipinski definition) is 0. The maximum absolute atomic E-state index is 13.3. The molecule has 0 aromatic heterocycles. The van der Waals surface area contributed by atoms with E-state index in [1.807, 2.05) is 7.05 Å². The van der Waals surface area contributed by atoms with Gasteiger partial charge in [-0.05, 0) is 18.9 Å². The molecule has 1 aliphatic heterocycles. The van der Waals surface area contributed by atoms with Crippen LogP contribution in [0.4, 0.5) is 4.39 Å². The van der Waals surface area contributed by atoms with Crippen molar-refractivity contribution >= 4 is 0 Å². The van der Waals surface area contributed by atoms with E-state index in [0.29, 0.717) is 6.42 Å². The van der Waals surface area contributed by atoms with E-state index in [-0.39, 0.29) is 11.5 Å². The van der Waals surface area contributed by atoms with Gasteiger partial charge in [0.2, 0.25) is 0 Å². The fourth-order valence-electron chi connectivity index (χ4n) is 2.10. The molecule has 0 N–H and O–H groups in total. The van der Waals surface area contributed by atoms with E-state index in [9.17, 15) is 4.39 Å². The molecule has 1 nitrogen and oxygen atoms in total. The second kappa shape index (κ2) is 2.74. The van der Waals surface area contributed by atoms with Gasteiger partial charge < -0.3 is 0 Å². The van der Waals surface area contributed by atoms with Crippen molar-refractivity contribution in [3.63, 3.8) is 0 Å². The second-order valence-corrected chi connectivity index (χ2v) is 4.60. The lowest BCUT2D eigenvalue weighted by Gasteiger charge is -2.33. The van der Waals surface area contributed by atoms with Crippen LogP contribution in [0.1, 0.15) is 27.2 Å². The molecule has 0 spiro atoms. The van der Waals surface area contributed by atoms with Crippen molar-refractivity contribution in [2.24, 2.45) is 5.41 Å². The summed E-state index contributed by atoms with van der Waals surface area (Å²) in [5.74, 6) is 0. The molecule has 1 saturated heterocycles. The molecule has 1 aliphatic rings. The topological polar surface area (TPSA) is 3.24 Å². The Hall–Kier alpha value is -0.110. The van der Waals surface area contributed by atoms with Crippen LogP contribution in [0.15, 0.2) is 0 Å². The Balaban J connectivity index is 2.69. The molecule has 11 heavy (non-hydrogen) atoms. The Kier molecular flexibility index (Phi) is 2.24. The van der Waals surface area contributed by atoms with Crippen LogP contribution in [0.25, 0.3) is 0 Å². The van der Waals surface area contributed by atoms with Gasteiger partial charge in [-0.25, -0.2) is 4.39 Å². The molecule has 1 heterocycles. The number of hydrogen-bond acceptors (Lipinski definition) is 1. The van der Waals surface area contributed by atoms with Gasteiger partial charge >= 0.3 is 0 Å². The molecule has 0 bridgehead atoms. The van der Waals surface area contributed by atoms with E-state index in [1.165, 1.54) is 0 Å². The summed E-state index contributed by atoms with van der Waals surface area (Å²) in [6.07, 6.45) is 0.0818. The van der Waals surface area contributed by atoms with Crippen molar-refractivity contribution in [2.45, 2.75) is 39.4 Å². The predicted octanol–water partition coefficient (Wildman–Crippen LogP) is 2.07. The molecular formula is C9H18FN. The Morgan fingerprint density at radius 2 is 1.91 bits per heavy atom. The molecule has 2 unspecified atom stereocenters. The van der Waals surface area contributed by atoms with Crippen LogP contribution >= 0.6 is 0 Å². The normalized spacial score (nSPS) is 34.6.